The Kier molecular flexibility index (Phi) is 4.15. The molecule has 3 heterocycles. The Morgan fingerprint density at radius 2 is 1.85 bits per heavy atom. The Labute approximate surface area is 153 Å². The zero-order chi connectivity index (χ0) is 18.3. The van der Waals surface area contributed by atoms with Crippen LogP contribution < -0.4 is 9.47 Å². The first kappa shape index (κ1) is 16.6. The number of aryl methyl sites for hydroxylation is 3. The molecule has 0 saturated heterocycles. The van der Waals surface area contributed by atoms with E-state index in [1.165, 1.54) is 11.1 Å². The second-order valence-corrected chi connectivity index (χ2v) is 6.56. The third-order valence-electron chi connectivity index (χ3n) is 5.10. The number of aromatic nitrogens is 3. The molecule has 0 aliphatic carbocycles. The number of benzene rings is 1. The third-order valence-corrected chi connectivity index (χ3v) is 5.10. The molecular weight excluding hydrogens is 326 g/mol. The summed E-state index contributed by atoms with van der Waals surface area (Å²) >= 11 is 0. The Bertz CT molecular complexity index is 976. The lowest BCUT2D eigenvalue weighted by Gasteiger charge is -2.22. The fourth-order valence-electron chi connectivity index (χ4n) is 3.70. The van der Waals surface area contributed by atoms with Crippen LogP contribution >= 0.6 is 0 Å². The van der Waals surface area contributed by atoms with Gasteiger partial charge in [-0.25, -0.2) is 4.98 Å². The lowest BCUT2D eigenvalue weighted by atomic mass is 9.94. The van der Waals surface area contributed by atoms with Crippen molar-refractivity contribution in [1.82, 2.24) is 14.5 Å². The smallest absolute Gasteiger partial charge is 0.161 e. The van der Waals surface area contributed by atoms with Gasteiger partial charge in [-0.15, -0.1) is 0 Å². The number of ether oxygens (including phenoxy) is 2. The van der Waals surface area contributed by atoms with E-state index in [1.54, 1.807) is 14.2 Å². The van der Waals surface area contributed by atoms with Gasteiger partial charge < -0.3 is 14.0 Å². The summed E-state index contributed by atoms with van der Waals surface area (Å²) < 4.78 is 13.3. The minimum atomic E-state index is 0.741. The number of methoxy groups -OCH3 is 2. The van der Waals surface area contributed by atoms with Crippen LogP contribution in [-0.4, -0.2) is 28.8 Å². The molecule has 0 unspecified atom stereocenters. The molecule has 26 heavy (non-hydrogen) atoms. The quantitative estimate of drug-likeness (QED) is 0.713. The molecule has 2 aromatic heterocycles. The summed E-state index contributed by atoms with van der Waals surface area (Å²) in [6.07, 6.45) is 5.72. The maximum Gasteiger partial charge on any atom is 0.161 e. The molecule has 1 aliphatic rings. The van der Waals surface area contributed by atoms with Crippen molar-refractivity contribution in [2.75, 3.05) is 14.2 Å². The van der Waals surface area contributed by atoms with Crippen molar-refractivity contribution in [2.45, 2.75) is 33.2 Å². The molecule has 0 saturated carbocycles. The Hall–Kier alpha value is -2.82. The normalized spacial score (nSPS) is 12.5. The molecule has 4 rings (SSSR count). The van der Waals surface area contributed by atoms with Crippen LogP contribution in [0.2, 0.25) is 0 Å². The molecule has 1 aliphatic heterocycles. The molecule has 0 fully saturated rings. The van der Waals surface area contributed by atoms with Gasteiger partial charge in [0.15, 0.2) is 11.5 Å². The first-order valence-electron chi connectivity index (χ1n) is 8.93. The highest BCUT2D eigenvalue weighted by Gasteiger charge is 2.26. The van der Waals surface area contributed by atoms with Gasteiger partial charge in [0.2, 0.25) is 0 Å². The number of hydrogen-bond donors (Lipinski definition) is 0. The average molecular weight is 349 g/mol. The van der Waals surface area contributed by atoms with Crippen molar-refractivity contribution >= 4 is 0 Å². The van der Waals surface area contributed by atoms with Gasteiger partial charge in [0.05, 0.1) is 25.6 Å². The predicted octanol–water partition coefficient (Wildman–Crippen LogP) is 4.06. The van der Waals surface area contributed by atoms with Crippen LogP contribution in [0.4, 0.5) is 0 Å². The monoisotopic (exact) mass is 349 g/mol. The minimum Gasteiger partial charge on any atom is -0.493 e. The maximum absolute atomic E-state index is 5.54. The summed E-state index contributed by atoms with van der Waals surface area (Å²) in [4.78, 5) is 9.30. The molecule has 0 atom stereocenters. The summed E-state index contributed by atoms with van der Waals surface area (Å²) in [7, 11) is 3.35. The maximum atomic E-state index is 5.54. The molecule has 0 N–H and O–H groups in total. The van der Waals surface area contributed by atoms with Gasteiger partial charge in [-0.2, -0.15) is 0 Å². The molecule has 0 radical (unpaired) electrons. The van der Waals surface area contributed by atoms with Crippen LogP contribution in [0.5, 0.6) is 11.5 Å². The van der Waals surface area contributed by atoms with Crippen LogP contribution in [0.1, 0.15) is 23.9 Å². The molecule has 134 valence electrons. The highest BCUT2D eigenvalue weighted by atomic mass is 16.5. The number of pyridine rings is 1. The van der Waals surface area contributed by atoms with E-state index < -0.39 is 0 Å². The largest absolute Gasteiger partial charge is 0.493 e. The van der Waals surface area contributed by atoms with Gasteiger partial charge in [0.1, 0.15) is 5.82 Å². The summed E-state index contributed by atoms with van der Waals surface area (Å²) in [5.74, 6) is 2.54. The van der Waals surface area contributed by atoms with Crippen LogP contribution in [-0.2, 0) is 19.4 Å². The van der Waals surface area contributed by atoms with Gasteiger partial charge >= 0.3 is 0 Å². The van der Waals surface area contributed by atoms with Crippen LogP contribution in [0.3, 0.4) is 0 Å². The average Bonchev–Trinajstić information content (AvgIpc) is 3.03. The first-order valence-corrected chi connectivity index (χ1v) is 8.93. The van der Waals surface area contributed by atoms with E-state index in [1.807, 2.05) is 12.4 Å². The van der Waals surface area contributed by atoms with Gasteiger partial charge in [-0.1, -0.05) is 6.92 Å². The lowest BCUT2D eigenvalue weighted by molar-refractivity contribution is 0.354. The fraction of sp³-hybridized carbons (Fsp3) is 0.333. The van der Waals surface area contributed by atoms with Crippen molar-refractivity contribution in [1.29, 1.82) is 0 Å². The standard InChI is InChI=1S/C21H23N3O2/c1-5-14-8-16(12-22-11-14)20-21-17-10-19(26-4)18(25-3)9-15(17)6-7-24(21)13(2)23-20/h8-12H,5-7H2,1-4H3. The van der Waals surface area contributed by atoms with Gasteiger partial charge in [-0.05, 0) is 49.1 Å². The topological polar surface area (TPSA) is 49.2 Å². The molecule has 1 aromatic carbocycles. The van der Waals surface area contributed by atoms with Crippen molar-refractivity contribution in [3.63, 3.8) is 0 Å². The summed E-state index contributed by atoms with van der Waals surface area (Å²) in [5, 5.41) is 0. The molecule has 5 heteroatoms. The fourth-order valence-corrected chi connectivity index (χ4v) is 3.70. The second-order valence-electron chi connectivity index (χ2n) is 6.56. The summed E-state index contributed by atoms with van der Waals surface area (Å²) in [5.41, 5.74) is 6.81. The predicted molar refractivity (Wildman–Crippen MR) is 102 cm³/mol. The molecule has 3 aromatic rings. The zero-order valence-corrected chi connectivity index (χ0v) is 15.7. The van der Waals surface area contributed by atoms with E-state index in [2.05, 4.69) is 41.6 Å². The molecule has 0 amide bonds. The molecular formula is C21H23N3O2. The highest BCUT2D eigenvalue weighted by Crippen LogP contribution is 2.42. The third kappa shape index (κ3) is 2.55. The second kappa shape index (κ2) is 6.48. The number of fused-ring (bicyclic) bond motifs is 3. The van der Waals surface area contributed by atoms with Gasteiger partial charge in [-0.3, -0.25) is 4.98 Å². The molecule has 5 nitrogen and oxygen atoms in total. The molecule has 0 spiro atoms. The van der Waals surface area contributed by atoms with Crippen LogP contribution in [0, 0.1) is 6.92 Å². The number of rotatable bonds is 4. The van der Waals surface area contributed by atoms with Crippen LogP contribution in [0.15, 0.2) is 30.6 Å². The van der Waals surface area contributed by atoms with Crippen molar-refractivity contribution in [3.05, 3.63) is 47.5 Å². The highest BCUT2D eigenvalue weighted by molar-refractivity contribution is 5.83. The zero-order valence-electron chi connectivity index (χ0n) is 15.7. The van der Waals surface area contributed by atoms with Gasteiger partial charge in [0, 0.05) is 30.1 Å². The van der Waals surface area contributed by atoms with Crippen LogP contribution in [0.25, 0.3) is 22.5 Å². The summed E-state index contributed by atoms with van der Waals surface area (Å²) in [6.45, 7) is 5.12. The number of hydrogen-bond acceptors (Lipinski definition) is 4. The van der Waals surface area contributed by atoms with Crippen molar-refractivity contribution in [3.8, 4) is 34.0 Å². The SMILES string of the molecule is CCc1cncc(-c2nc(C)n3c2-c2cc(OC)c(OC)cc2CC3)c1. The Morgan fingerprint density at radius 1 is 1.08 bits per heavy atom. The Balaban J connectivity index is 1.95. The van der Waals surface area contributed by atoms with Crippen molar-refractivity contribution < 1.29 is 9.47 Å². The lowest BCUT2D eigenvalue weighted by Crippen LogP contribution is -2.12. The van der Waals surface area contributed by atoms with Crippen molar-refractivity contribution in [2.24, 2.45) is 0 Å². The van der Waals surface area contributed by atoms with E-state index in [0.717, 1.165) is 59.2 Å². The van der Waals surface area contributed by atoms with E-state index in [9.17, 15) is 0 Å². The minimum absolute atomic E-state index is 0.741. The Morgan fingerprint density at radius 3 is 2.58 bits per heavy atom. The molecule has 0 bridgehead atoms. The number of imidazole rings is 1. The van der Waals surface area contributed by atoms with E-state index in [-0.39, 0.29) is 0 Å². The van der Waals surface area contributed by atoms with E-state index >= 15 is 0 Å². The first-order chi connectivity index (χ1) is 12.7. The summed E-state index contributed by atoms with van der Waals surface area (Å²) in [6, 6.07) is 6.34. The number of nitrogens with zero attached hydrogens (tertiary/aromatic N) is 3. The van der Waals surface area contributed by atoms with E-state index in [4.69, 9.17) is 14.5 Å². The van der Waals surface area contributed by atoms with Gasteiger partial charge in [0.25, 0.3) is 0 Å². The van der Waals surface area contributed by atoms with E-state index in [0.29, 0.717) is 0 Å².